The molecule has 0 bridgehead atoms. The smallest absolute Gasteiger partial charge is 0.251 e. The first kappa shape index (κ1) is 14.9. The summed E-state index contributed by atoms with van der Waals surface area (Å²) in [5, 5.41) is 12.3. The fourth-order valence-electron chi connectivity index (χ4n) is 2.78. The summed E-state index contributed by atoms with van der Waals surface area (Å²) in [4.78, 5) is 12.2. The maximum absolute atomic E-state index is 12.2. The number of carbonyl (C=O) groups is 1. The van der Waals surface area contributed by atoms with Crippen LogP contribution in [0, 0.1) is 0 Å². The SMILES string of the molecule is CCC1(CC)CC(NC(=O)c2ccc(O)cc2)CCO1. The van der Waals surface area contributed by atoms with Gasteiger partial charge in [0.25, 0.3) is 5.91 Å². The number of hydrogen-bond acceptors (Lipinski definition) is 3. The summed E-state index contributed by atoms with van der Waals surface area (Å²) >= 11 is 0. The number of carbonyl (C=O) groups excluding carboxylic acids is 1. The van der Waals surface area contributed by atoms with E-state index >= 15 is 0 Å². The molecular formula is C16H23NO3. The molecule has 4 nitrogen and oxygen atoms in total. The second kappa shape index (κ2) is 6.27. The van der Waals surface area contributed by atoms with Crippen LogP contribution in [-0.2, 0) is 4.74 Å². The first-order chi connectivity index (χ1) is 9.58. The molecule has 1 heterocycles. The van der Waals surface area contributed by atoms with Crippen LogP contribution in [0.5, 0.6) is 5.75 Å². The minimum Gasteiger partial charge on any atom is -0.508 e. The van der Waals surface area contributed by atoms with Gasteiger partial charge in [0.2, 0.25) is 0 Å². The third kappa shape index (κ3) is 3.31. The van der Waals surface area contributed by atoms with Gasteiger partial charge in [0.1, 0.15) is 5.75 Å². The Kier molecular flexibility index (Phi) is 4.65. The summed E-state index contributed by atoms with van der Waals surface area (Å²) in [5.41, 5.74) is 0.485. The lowest BCUT2D eigenvalue weighted by Gasteiger charge is -2.40. The van der Waals surface area contributed by atoms with Gasteiger partial charge in [-0.05, 0) is 49.9 Å². The van der Waals surface area contributed by atoms with E-state index in [4.69, 9.17) is 4.74 Å². The zero-order valence-corrected chi connectivity index (χ0v) is 12.2. The average molecular weight is 277 g/mol. The molecule has 1 amide bonds. The summed E-state index contributed by atoms with van der Waals surface area (Å²) in [6, 6.07) is 6.49. The van der Waals surface area contributed by atoms with Crippen molar-refractivity contribution in [2.75, 3.05) is 6.61 Å². The molecule has 0 spiro atoms. The maximum Gasteiger partial charge on any atom is 0.251 e. The Morgan fingerprint density at radius 1 is 1.35 bits per heavy atom. The Labute approximate surface area is 120 Å². The van der Waals surface area contributed by atoms with Crippen molar-refractivity contribution in [1.82, 2.24) is 5.32 Å². The van der Waals surface area contributed by atoms with Crippen LogP contribution < -0.4 is 5.32 Å². The zero-order valence-electron chi connectivity index (χ0n) is 12.2. The maximum atomic E-state index is 12.2. The Hall–Kier alpha value is -1.55. The molecule has 1 aromatic carbocycles. The monoisotopic (exact) mass is 277 g/mol. The minimum absolute atomic E-state index is 0.0852. The molecule has 2 rings (SSSR count). The molecule has 1 atom stereocenters. The van der Waals surface area contributed by atoms with E-state index in [0.717, 1.165) is 25.7 Å². The first-order valence-electron chi connectivity index (χ1n) is 7.32. The lowest BCUT2D eigenvalue weighted by Crippen LogP contribution is -2.48. The number of benzene rings is 1. The van der Waals surface area contributed by atoms with Crippen LogP contribution >= 0.6 is 0 Å². The number of ether oxygens (including phenoxy) is 1. The number of aromatic hydroxyl groups is 1. The highest BCUT2D eigenvalue weighted by Crippen LogP contribution is 2.31. The van der Waals surface area contributed by atoms with Gasteiger partial charge in [0.15, 0.2) is 0 Å². The van der Waals surface area contributed by atoms with E-state index in [1.807, 2.05) is 0 Å². The third-order valence-electron chi connectivity index (χ3n) is 4.25. The molecular weight excluding hydrogens is 254 g/mol. The number of rotatable bonds is 4. The van der Waals surface area contributed by atoms with Crippen molar-refractivity contribution >= 4 is 5.91 Å². The predicted octanol–water partition coefficient (Wildman–Crippen LogP) is 2.86. The van der Waals surface area contributed by atoms with Gasteiger partial charge in [-0.3, -0.25) is 4.79 Å². The van der Waals surface area contributed by atoms with E-state index in [1.165, 1.54) is 12.1 Å². The van der Waals surface area contributed by atoms with Crippen molar-refractivity contribution in [1.29, 1.82) is 0 Å². The lowest BCUT2D eigenvalue weighted by atomic mass is 9.86. The van der Waals surface area contributed by atoms with Gasteiger partial charge in [0.05, 0.1) is 5.60 Å². The van der Waals surface area contributed by atoms with Gasteiger partial charge in [-0.25, -0.2) is 0 Å². The van der Waals surface area contributed by atoms with Crippen molar-refractivity contribution in [2.24, 2.45) is 0 Å². The largest absolute Gasteiger partial charge is 0.508 e. The molecule has 4 heteroatoms. The van der Waals surface area contributed by atoms with Crippen LogP contribution in [0.3, 0.4) is 0 Å². The topological polar surface area (TPSA) is 58.6 Å². The molecule has 1 fully saturated rings. The molecule has 20 heavy (non-hydrogen) atoms. The van der Waals surface area contributed by atoms with Gasteiger partial charge < -0.3 is 15.2 Å². The van der Waals surface area contributed by atoms with Crippen LogP contribution in [0.4, 0.5) is 0 Å². The fraction of sp³-hybridized carbons (Fsp3) is 0.562. The van der Waals surface area contributed by atoms with Gasteiger partial charge in [-0.1, -0.05) is 13.8 Å². The van der Waals surface area contributed by atoms with Crippen LogP contribution in [0.1, 0.15) is 49.9 Å². The van der Waals surface area contributed by atoms with Gasteiger partial charge in [-0.15, -0.1) is 0 Å². The van der Waals surface area contributed by atoms with E-state index in [2.05, 4.69) is 19.2 Å². The molecule has 1 aliphatic rings. The Balaban J connectivity index is 1.99. The van der Waals surface area contributed by atoms with Gasteiger partial charge in [-0.2, -0.15) is 0 Å². The van der Waals surface area contributed by atoms with Crippen LogP contribution in [0.25, 0.3) is 0 Å². The highest BCUT2D eigenvalue weighted by molar-refractivity contribution is 5.94. The summed E-state index contributed by atoms with van der Waals surface area (Å²) < 4.78 is 5.91. The van der Waals surface area contributed by atoms with E-state index in [0.29, 0.717) is 12.2 Å². The van der Waals surface area contributed by atoms with E-state index in [-0.39, 0.29) is 23.3 Å². The van der Waals surface area contributed by atoms with Crippen molar-refractivity contribution < 1.29 is 14.6 Å². The normalized spacial score (nSPS) is 21.4. The summed E-state index contributed by atoms with van der Waals surface area (Å²) in [6.45, 7) is 4.96. The Bertz CT molecular complexity index is 451. The van der Waals surface area contributed by atoms with Crippen molar-refractivity contribution in [2.45, 2.75) is 51.2 Å². The molecule has 2 N–H and O–H groups in total. The highest BCUT2D eigenvalue weighted by atomic mass is 16.5. The Morgan fingerprint density at radius 3 is 2.60 bits per heavy atom. The fourth-order valence-corrected chi connectivity index (χ4v) is 2.78. The van der Waals surface area contributed by atoms with E-state index in [1.54, 1.807) is 12.1 Å². The molecule has 110 valence electrons. The zero-order chi connectivity index (χ0) is 14.6. The van der Waals surface area contributed by atoms with E-state index in [9.17, 15) is 9.90 Å². The molecule has 0 aliphatic carbocycles. The number of phenolic OH excluding ortho intramolecular Hbond substituents is 1. The summed E-state index contributed by atoms with van der Waals surface area (Å²) in [6.07, 6.45) is 3.65. The van der Waals surface area contributed by atoms with Crippen molar-refractivity contribution in [3.05, 3.63) is 29.8 Å². The molecule has 1 saturated heterocycles. The van der Waals surface area contributed by atoms with Crippen molar-refractivity contribution in [3.8, 4) is 5.75 Å². The number of hydrogen-bond donors (Lipinski definition) is 2. The quantitative estimate of drug-likeness (QED) is 0.889. The van der Waals surface area contributed by atoms with E-state index < -0.39 is 0 Å². The highest BCUT2D eigenvalue weighted by Gasteiger charge is 2.35. The van der Waals surface area contributed by atoms with Crippen LogP contribution in [0.15, 0.2) is 24.3 Å². The minimum atomic E-state index is -0.0921. The van der Waals surface area contributed by atoms with Gasteiger partial charge >= 0.3 is 0 Å². The summed E-state index contributed by atoms with van der Waals surface area (Å²) in [5.74, 6) is 0.0848. The molecule has 1 unspecified atom stereocenters. The number of nitrogens with one attached hydrogen (secondary N) is 1. The Morgan fingerprint density at radius 2 is 2.00 bits per heavy atom. The predicted molar refractivity (Wildman–Crippen MR) is 77.9 cm³/mol. The summed E-state index contributed by atoms with van der Waals surface area (Å²) in [7, 11) is 0. The van der Waals surface area contributed by atoms with Crippen LogP contribution in [-0.4, -0.2) is 29.3 Å². The standard InChI is InChI=1S/C16H23NO3/c1-3-16(4-2)11-13(9-10-20-16)17-15(19)12-5-7-14(18)8-6-12/h5-8,13,18H,3-4,9-11H2,1-2H3,(H,17,19). The molecule has 1 aliphatic heterocycles. The van der Waals surface area contributed by atoms with Crippen molar-refractivity contribution in [3.63, 3.8) is 0 Å². The van der Waals surface area contributed by atoms with Gasteiger partial charge in [0, 0.05) is 18.2 Å². The third-order valence-corrected chi connectivity index (χ3v) is 4.25. The molecule has 0 aromatic heterocycles. The number of amides is 1. The second-order valence-electron chi connectivity index (χ2n) is 5.45. The molecule has 1 aromatic rings. The average Bonchev–Trinajstić information content (AvgIpc) is 2.48. The lowest BCUT2D eigenvalue weighted by molar-refractivity contribution is -0.0917. The first-order valence-corrected chi connectivity index (χ1v) is 7.32. The number of phenols is 1. The molecule has 0 radical (unpaired) electrons. The van der Waals surface area contributed by atoms with Crippen LogP contribution in [0.2, 0.25) is 0 Å². The second-order valence-corrected chi connectivity index (χ2v) is 5.45. The molecule has 0 saturated carbocycles.